The van der Waals surface area contributed by atoms with Crippen molar-refractivity contribution in [3.05, 3.63) is 34.3 Å². The van der Waals surface area contributed by atoms with Crippen LogP contribution in [0.4, 0.5) is 0 Å². The monoisotopic (exact) mass is 269 g/mol. The molecule has 1 aromatic carbocycles. The molecule has 0 aromatic heterocycles. The zero-order valence-corrected chi connectivity index (χ0v) is 9.74. The molecule has 80 valence electrons. The van der Waals surface area contributed by atoms with Crippen molar-refractivity contribution in [3.63, 3.8) is 0 Å². The molecule has 0 bridgehead atoms. The first kappa shape index (κ1) is 10.8. The van der Waals surface area contributed by atoms with E-state index in [1.807, 2.05) is 12.1 Å². The first-order valence-corrected chi connectivity index (χ1v) is 5.64. The Kier molecular flexibility index (Phi) is 3.51. The zero-order valence-electron chi connectivity index (χ0n) is 8.15. The second kappa shape index (κ2) is 4.88. The topological polar surface area (TPSA) is 38.3 Å². The van der Waals surface area contributed by atoms with Crippen LogP contribution in [0.5, 0.6) is 0 Å². The number of carbonyl (C=O) groups is 1. The van der Waals surface area contributed by atoms with Crippen molar-refractivity contribution in [2.75, 3.05) is 6.61 Å². The molecule has 1 aliphatic rings. The SMILES string of the molecule is O=CC1NC(Cc2ccc(Br)cc2)CO1. The Morgan fingerprint density at radius 3 is 2.80 bits per heavy atom. The molecule has 4 heteroatoms. The van der Waals surface area contributed by atoms with Gasteiger partial charge in [-0.3, -0.25) is 10.1 Å². The molecule has 15 heavy (non-hydrogen) atoms. The number of aldehydes is 1. The molecule has 1 heterocycles. The lowest BCUT2D eigenvalue weighted by molar-refractivity contribution is -0.116. The van der Waals surface area contributed by atoms with Crippen LogP contribution in [0.3, 0.4) is 0 Å². The van der Waals surface area contributed by atoms with Crippen LogP contribution in [0.25, 0.3) is 0 Å². The van der Waals surface area contributed by atoms with Crippen LogP contribution in [0, 0.1) is 0 Å². The van der Waals surface area contributed by atoms with Crippen molar-refractivity contribution in [2.45, 2.75) is 18.7 Å². The molecular weight excluding hydrogens is 258 g/mol. The number of hydrogen-bond acceptors (Lipinski definition) is 3. The Hall–Kier alpha value is -0.710. The summed E-state index contributed by atoms with van der Waals surface area (Å²) in [6, 6.07) is 8.41. The number of halogens is 1. The standard InChI is InChI=1S/C11H12BrNO2/c12-9-3-1-8(2-4-9)5-10-7-15-11(6-14)13-10/h1-4,6,10-11,13H,5,7H2. The lowest BCUT2D eigenvalue weighted by Crippen LogP contribution is -2.32. The van der Waals surface area contributed by atoms with Crippen molar-refractivity contribution >= 4 is 22.2 Å². The van der Waals surface area contributed by atoms with Crippen LogP contribution < -0.4 is 5.32 Å². The molecule has 2 rings (SSSR count). The van der Waals surface area contributed by atoms with Gasteiger partial charge in [-0.15, -0.1) is 0 Å². The third-order valence-corrected chi connectivity index (χ3v) is 2.92. The van der Waals surface area contributed by atoms with Gasteiger partial charge < -0.3 is 4.74 Å². The maximum Gasteiger partial charge on any atom is 0.164 e. The van der Waals surface area contributed by atoms with E-state index in [4.69, 9.17) is 4.74 Å². The summed E-state index contributed by atoms with van der Waals surface area (Å²) in [5, 5.41) is 3.10. The highest BCUT2D eigenvalue weighted by atomic mass is 79.9. The molecule has 1 fully saturated rings. The van der Waals surface area contributed by atoms with E-state index in [9.17, 15) is 4.79 Å². The molecule has 0 saturated carbocycles. The van der Waals surface area contributed by atoms with Crippen LogP contribution in [0.2, 0.25) is 0 Å². The van der Waals surface area contributed by atoms with Crippen LogP contribution in [-0.2, 0) is 16.0 Å². The zero-order chi connectivity index (χ0) is 10.7. The van der Waals surface area contributed by atoms with E-state index in [0.29, 0.717) is 6.61 Å². The number of rotatable bonds is 3. The number of hydrogen-bond donors (Lipinski definition) is 1. The van der Waals surface area contributed by atoms with Gasteiger partial charge in [-0.25, -0.2) is 0 Å². The van der Waals surface area contributed by atoms with Gasteiger partial charge in [0.2, 0.25) is 0 Å². The average molecular weight is 270 g/mol. The summed E-state index contributed by atoms with van der Waals surface area (Å²) >= 11 is 3.39. The molecule has 0 radical (unpaired) electrons. The first-order chi connectivity index (χ1) is 7.28. The van der Waals surface area contributed by atoms with E-state index in [0.717, 1.165) is 17.2 Å². The molecule has 0 amide bonds. The van der Waals surface area contributed by atoms with Crippen LogP contribution in [-0.4, -0.2) is 25.2 Å². The van der Waals surface area contributed by atoms with E-state index in [1.165, 1.54) is 5.56 Å². The van der Waals surface area contributed by atoms with Gasteiger partial charge in [-0.1, -0.05) is 28.1 Å². The van der Waals surface area contributed by atoms with Crippen molar-refractivity contribution in [2.24, 2.45) is 0 Å². The van der Waals surface area contributed by atoms with E-state index < -0.39 is 6.23 Å². The van der Waals surface area contributed by atoms with Gasteiger partial charge in [0.25, 0.3) is 0 Å². The predicted molar refractivity (Wildman–Crippen MR) is 60.6 cm³/mol. The van der Waals surface area contributed by atoms with Gasteiger partial charge in [-0.2, -0.15) is 0 Å². The number of benzene rings is 1. The van der Waals surface area contributed by atoms with Crippen molar-refractivity contribution in [3.8, 4) is 0 Å². The van der Waals surface area contributed by atoms with Gasteiger partial charge in [0.1, 0.15) is 0 Å². The second-order valence-corrected chi connectivity index (χ2v) is 4.50. The minimum atomic E-state index is -0.426. The van der Waals surface area contributed by atoms with Crippen molar-refractivity contribution in [1.29, 1.82) is 0 Å². The summed E-state index contributed by atoms with van der Waals surface area (Å²) in [6.45, 7) is 0.597. The number of ether oxygens (including phenoxy) is 1. The van der Waals surface area contributed by atoms with Crippen LogP contribution in [0.1, 0.15) is 5.56 Å². The molecular formula is C11H12BrNO2. The first-order valence-electron chi connectivity index (χ1n) is 4.85. The highest BCUT2D eigenvalue weighted by molar-refractivity contribution is 9.10. The van der Waals surface area contributed by atoms with Gasteiger partial charge in [0.05, 0.1) is 6.61 Å². The fourth-order valence-corrected chi connectivity index (χ4v) is 1.91. The molecule has 2 unspecified atom stereocenters. The average Bonchev–Trinajstić information content (AvgIpc) is 2.69. The molecule has 1 saturated heterocycles. The fourth-order valence-electron chi connectivity index (χ4n) is 1.65. The van der Waals surface area contributed by atoms with E-state index in [2.05, 4.69) is 33.4 Å². The number of nitrogens with one attached hydrogen (secondary N) is 1. The summed E-state index contributed by atoms with van der Waals surface area (Å²) in [5.41, 5.74) is 1.24. The third kappa shape index (κ3) is 2.87. The highest BCUT2D eigenvalue weighted by Crippen LogP contribution is 2.13. The fraction of sp³-hybridized carbons (Fsp3) is 0.364. The molecule has 3 nitrogen and oxygen atoms in total. The van der Waals surface area contributed by atoms with E-state index in [-0.39, 0.29) is 6.04 Å². The normalized spacial score (nSPS) is 25.4. The van der Waals surface area contributed by atoms with E-state index >= 15 is 0 Å². The maximum atomic E-state index is 10.5. The Bertz CT molecular complexity index is 339. The van der Waals surface area contributed by atoms with Gasteiger partial charge in [0.15, 0.2) is 12.5 Å². The molecule has 0 aliphatic carbocycles. The van der Waals surface area contributed by atoms with Crippen LogP contribution in [0.15, 0.2) is 28.7 Å². The lowest BCUT2D eigenvalue weighted by Gasteiger charge is -2.08. The summed E-state index contributed by atoms with van der Waals surface area (Å²) in [5.74, 6) is 0. The molecule has 1 aliphatic heterocycles. The van der Waals surface area contributed by atoms with Crippen molar-refractivity contribution in [1.82, 2.24) is 5.32 Å². The number of carbonyl (C=O) groups excluding carboxylic acids is 1. The minimum Gasteiger partial charge on any atom is -0.355 e. The van der Waals surface area contributed by atoms with Gasteiger partial charge in [-0.05, 0) is 24.1 Å². The van der Waals surface area contributed by atoms with E-state index in [1.54, 1.807) is 0 Å². The summed E-state index contributed by atoms with van der Waals surface area (Å²) < 4.78 is 6.30. The maximum absolute atomic E-state index is 10.5. The molecule has 1 N–H and O–H groups in total. The third-order valence-electron chi connectivity index (χ3n) is 2.40. The Morgan fingerprint density at radius 2 is 2.20 bits per heavy atom. The van der Waals surface area contributed by atoms with Gasteiger partial charge >= 0.3 is 0 Å². The van der Waals surface area contributed by atoms with Crippen LogP contribution >= 0.6 is 15.9 Å². The highest BCUT2D eigenvalue weighted by Gasteiger charge is 2.23. The predicted octanol–water partition coefficient (Wildman–Crippen LogP) is 1.50. The molecule has 2 atom stereocenters. The smallest absolute Gasteiger partial charge is 0.164 e. The van der Waals surface area contributed by atoms with Crippen molar-refractivity contribution < 1.29 is 9.53 Å². The molecule has 1 aromatic rings. The quantitative estimate of drug-likeness (QED) is 0.846. The minimum absolute atomic E-state index is 0.237. The Labute approximate surface area is 96.9 Å². The summed E-state index contributed by atoms with van der Waals surface area (Å²) in [6.07, 6.45) is 1.25. The summed E-state index contributed by atoms with van der Waals surface area (Å²) in [4.78, 5) is 10.5. The van der Waals surface area contributed by atoms with Gasteiger partial charge in [0, 0.05) is 10.5 Å². The Balaban J connectivity index is 1.92. The Morgan fingerprint density at radius 1 is 1.47 bits per heavy atom. The lowest BCUT2D eigenvalue weighted by atomic mass is 10.1. The summed E-state index contributed by atoms with van der Waals surface area (Å²) in [7, 11) is 0. The molecule has 0 spiro atoms. The largest absolute Gasteiger partial charge is 0.355 e. The second-order valence-electron chi connectivity index (χ2n) is 3.58.